The van der Waals surface area contributed by atoms with Crippen LogP contribution in [0, 0.1) is 19.7 Å². The van der Waals surface area contributed by atoms with Crippen LogP contribution < -0.4 is 5.48 Å². The molecule has 0 radical (unpaired) electrons. The Morgan fingerprint density at radius 2 is 1.48 bits per heavy atom. The van der Waals surface area contributed by atoms with Crippen LogP contribution in [0.1, 0.15) is 28.2 Å². The van der Waals surface area contributed by atoms with E-state index in [1.807, 2.05) is 12.1 Å². The van der Waals surface area contributed by atoms with E-state index in [4.69, 9.17) is 25.3 Å². The zero-order chi connectivity index (χ0) is 23.6. The normalized spacial score (nSPS) is 13.5. The number of hydrogen-bond acceptors (Lipinski definition) is 6. The van der Waals surface area contributed by atoms with E-state index in [9.17, 15) is 14.0 Å². The first kappa shape index (κ1) is 26.2. The third kappa shape index (κ3) is 8.06. The summed E-state index contributed by atoms with van der Waals surface area (Å²) >= 11 is 0. The Bertz CT molecular complexity index is 836. The van der Waals surface area contributed by atoms with Crippen LogP contribution in [0.25, 0.3) is 0 Å². The molecule has 0 aromatic heterocycles. The minimum atomic E-state index is -2.27. The van der Waals surface area contributed by atoms with Crippen LogP contribution in [-0.4, -0.2) is 58.2 Å². The third-order valence-electron chi connectivity index (χ3n) is 4.65. The number of benzene rings is 2. The summed E-state index contributed by atoms with van der Waals surface area (Å²) in [6, 6.07) is 13.2. The molecule has 0 aliphatic rings. The van der Waals surface area contributed by atoms with Gasteiger partial charge in [0.2, 0.25) is 0 Å². The maximum Gasteiger partial charge on any atom is 0.335 e. The number of aliphatic carboxylic acids is 2. The van der Waals surface area contributed by atoms with Gasteiger partial charge in [-0.25, -0.2) is 19.5 Å². The Kier molecular flexibility index (Phi) is 10.8. The van der Waals surface area contributed by atoms with Crippen molar-refractivity contribution in [2.75, 3.05) is 13.7 Å². The van der Waals surface area contributed by atoms with E-state index in [-0.39, 0.29) is 11.7 Å². The van der Waals surface area contributed by atoms with Crippen LogP contribution in [-0.2, 0) is 20.8 Å². The molecule has 5 N–H and O–H groups in total. The van der Waals surface area contributed by atoms with Gasteiger partial charge < -0.3 is 25.3 Å². The lowest BCUT2D eigenvalue weighted by atomic mass is 9.86. The molecule has 2 aromatic carbocycles. The summed E-state index contributed by atoms with van der Waals surface area (Å²) in [5.41, 5.74) is 7.39. The van der Waals surface area contributed by atoms with Gasteiger partial charge in [0.25, 0.3) is 0 Å². The number of hydroxylamine groups is 1. The number of carboxylic acid groups (broad SMARTS) is 2. The van der Waals surface area contributed by atoms with Gasteiger partial charge in [-0.3, -0.25) is 0 Å². The van der Waals surface area contributed by atoms with Crippen molar-refractivity contribution in [3.05, 3.63) is 70.5 Å². The Balaban J connectivity index is 0.000000407. The quantitative estimate of drug-likeness (QED) is 0.375. The molecule has 0 saturated carbocycles. The Hall–Kier alpha value is -2.85. The molecule has 3 atom stereocenters. The number of hydrogen-bond donors (Lipinski definition) is 5. The molecule has 0 spiro atoms. The highest BCUT2D eigenvalue weighted by Gasteiger charge is 2.29. The number of halogens is 1. The van der Waals surface area contributed by atoms with Crippen molar-refractivity contribution in [1.82, 2.24) is 5.48 Å². The van der Waals surface area contributed by atoms with Crippen molar-refractivity contribution in [2.45, 2.75) is 38.4 Å². The predicted octanol–water partition coefficient (Wildman–Crippen LogP) is 1.80. The molecule has 3 unspecified atom stereocenters. The Labute approximate surface area is 179 Å². The van der Waals surface area contributed by atoms with E-state index in [1.54, 1.807) is 13.2 Å². The van der Waals surface area contributed by atoms with Gasteiger partial charge in [0.1, 0.15) is 5.82 Å². The molecule has 2 aromatic rings. The van der Waals surface area contributed by atoms with Crippen LogP contribution in [0.15, 0.2) is 42.5 Å². The number of aliphatic hydroxyl groups excluding tert-OH is 2. The second kappa shape index (κ2) is 12.8. The van der Waals surface area contributed by atoms with Gasteiger partial charge in [0.15, 0.2) is 12.2 Å². The van der Waals surface area contributed by atoms with Crippen molar-refractivity contribution in [1.29, 1.82) is 0 Å². The average Bonchev–Trinajstić information content (AvgIpc) is 2.72. The minimum Gasteiger partial charge on any atom is -0.479 e. The van der Waals surface area contributed by atoms with Crippen LogP contribution in [0.3, 0.4) is 0 Å². The minimum absolute atomic E-state index is 0.147. The van der Waals surface area contributed by atoms with Crippen LogP contribution in [0.4, 0.5) is 4.39 Å². The van der Waals surface area contributed by atoms with Crippen LogP contribution >= 0.6 is 0 Å². The molecule has 0 aliphatic carbocycles. The molecule has 0 fully saturated rings. The smallest absolute Gasteiger partial charge is 0.335 e. The molecule has 170 valence electrons. The van der Waals surface area contributed by atoms with E-state index in [1.165, 1.54) is 22.8 Å². The van der Waals surface area contributed by atoms with Gasteiger partial charge in [0.05, 0.1) is 7.11 Å². The van der Waals surface area contributed by atoms with Crippen molar-refractivity contribution < 1.29 is 39.2 Å². The molecule has 31 heavy (non-hydrogen) atoms. The summed E-state index contributed by atoms with van der Waals surface area (Å²) in [4.78, 5) is 24.5. The van der Waals surface area contributed by atoms with Gasteiger partial charge in [-0.1, -0.05) is 36.4 Å². The lowest BCUT2D eigenvalue weighted by Crippen LogP contribution is -2.39. The molecule has 2 rings (SSSR count). The summed E-state index contributed by atoms with van der Waals surface area (Å²) in [7, 11) is 1.60. The molecule has 0 bridgehead atoms. The third-order valence-corrected chi connectivity index (χ3v) is 4.65. The maximum atomic E-state index is 13.9. The molecule has 0 amide bonds. The summed E-state index contributed by atoms with van der Waals surface area (Å²) in [5, 5.41) is 32.5. The van der Waals surface area contributed by atoms with Gasteiger partial charge in [-0.05, 0) is 48.6 Å². The molecule has 0 heterocycles. The van der Waals surface area contributed by atoms with E-state index in [2.05, 4.69) is 37.5 Å². The lowest BCUT2D eigenvalue weighted by Gasteiger charge is -2.22. The molecular weight excluding hydrogens is 409 g/mol. The monoisotopic (exact) mass is 437 g/mol. The first-order chi connectivity index (χ1) is 14.6. The zero-order valence-electron chi connectivity index (χ0n) is 17.6. The maximum absolute atomic E-state index is 13.9. The highest BCUT2D eigenvalue weighted by Crippen LogP contribution is 2.27. The Morgan fingerprint density at radius 1 is 0.968 bits per heavy atom. The molecule has 8 nitrogen and oxygen atoms in total. The van der Waals surface area contributed by atoms with Crippen molar-refractivity contribution in [2.24, 2.45) is 0 Å². The SMILES string of the molecule is CONCC(Cc1ccccc1F)c1c(C)cccc1C.O=C(O)C(O)C(O)C(=O)O. The second-order valence-electron chi connectivity index (χ2n) is 6.92. The predicted molar refractivity (Wildman–Crippen MR) is 111 cm³/mol. The van der Waals surface area contributed by atoms with Gasteiger partial charge in [0, 0.05) is 12.5 Å². The van der Waals surface area contributed by atoms with Crippen molar-refractivity contribution in [3.63, 3.8) is 0 Å². The van der Waals surface area contributed by atoms with Crippen LogP contribution in [0.5, 0.6) is 0 Å². The second-order valence-corrected chi connectivity index (χ2v) is 6.92. The van der Waals surface area contributed by atoms with Gasteiger partial charge >= 0.3 is 11.9 Å². The number of carbonyl (C=O) groups is 2. The van der Waals surface area contributed by atoms with E-state index >= 15 is 0 Å². The van der Waals surface area contributed by atoms with Crippen molar-refractivity contribution in [3.8, 4) is 0 Å². The highest BCUT2D eigenvalue weighted by molar-refractivity contribution is 5.83. The van der Waals surface area contributed by atoms with E-state index in [0.717, 1.165) is 5.56 Å². The van der Waals surface area contributed by atoms with Crippen LogP contribution in [0.2, 0.25) is 0 Å². The zero-order valence-corrected chi connectivity index (χ0v) is 17.6. The number of rotatable bonds is 9. The topological polar surface area (TPSA) is 136 Å². The fourth-order valence-electron chi connectivity index (χ4n) is 3.13. The largest absolute Gasteiger partial charge is 0.479 e. The highest BCUT2D eigenvalue weighted by atomic mass is 19.1. The number of aliphatic hydroxyl groups is 2. The first-order valence-electron chi connectivity index (χ1n) is 9.47. The van der Waals surface area contributed by atoms with E-state index in [0.29, 0.717) is 13.0 Å². The van der Waals surface area contributed by atoms with E-state index < -0.39 is 24.1 Å². The molecular formula is C22H28FNO7. The van der Waals surface area contributed by atoms with Crippen molar-refractivity contribution >= 4 is 11.9 Å². The number of carboxylic acids is 2. The molecule has 0 aliphatic heterocycles. The summed E-state index contributed by atoms with van der Waals surface area (Å²) in [6.07, 6.45) is -3.88. The number of aryl methyl sites for hydroxylation is 2. The summed E-state index contributed by atoms with van der Waals surface area (Å²) < 4.78 is 13.9. The summed E-state index contributed by atoms with van der Waals surface area (Å²) in [5.74, 6) is -3.51. The lowest BCUT2D eigenvalue weighted by molar-refractivity contribution is -0.165. The Morgan fingerprint density at radius 3 is 1.94 bits per heavy atom. The fourth-order valence-corrected chi connectivity index (χ4v) is 3.13. The standard InChI is InChI=1S/C18H22FNO.C4H6O6/c1-13-7-6-8-14(2)18(13)16(12-20-21-3)11-15-9-4-5-10-17(15)19;5-1(3(7)8)2(6)4(9)10/h4-10,16,20H,11-12H2,1-3H3;1-2,5-6H,(H,7,8)(H,9,10). The van der Waals surface area contributed by atoms with Gasteiger partial charge in [-0.2, -0.15) is 0 Å². The molecule has 0 saturated heterocycles. The first-order valence-corrected chi connectivity index (χ1v) is 9.47. The fraction of sp³-hybridized carbons (Fsp3) is 0.364. The average molecular weight is 437 g/mol. The van der Waals surface area contributed by atoms with Gasteiger partial charge in [-0.15, -0.1) is 0 Å². The number of nitrogens with one attached hydrogen (secondary N) is 1. The molecule has 9 heteroatoms. The summed E-state index contributed by atoms with van der Waals surface area (Å²) in [6.45, 7) is 4.85.